The summed E-state index contributed by atoms with van der Waals surface area (Å²) in [5.41, 5.74) is 15.7. The molecule has 13 aromatic rings. The molecule has 11 aromatic carbocycles. The summed E-state index contributed by atoms with van der Waals surface area (Å²) in [5.74, 6) is 0. The third kappa shape index (κ3) is 11.9. The lowest BCUT2D eigenvalue weighted by Crippen LogP contribution is -2.61. The first-order valence-electron chi connectivity index (χ1n) is 39.1. The monoisotopic (exact) mass is 1260 g/mol. The number of para-hydroxylation sites is 2. The Labute approximate surface area is 585 Å². The Morgan fingerprint density at radius 2 is 0.583 bits per heavy atom. The molecule has 4 nitrogen and oxygen atoms in total. The summed E-state index contributed by atoms with van der Waals surface area (Å²) in [4.78, 5) is 4.73. The molecule has 0 saturated heterocycles. The van der Waals surface area contributed by atoms with E-state index in [1.54, 1.807) is 0 Å². The molecule has 0 bridgehead atoms. The molecule has 0 atom stereocenters. The van der Waals surface area contributed by atoms with Crippen molar-refractivity contribution in [3.8, 4) is 33.6 Å². The zero-order valence-corrected chi connectivity index (χ0v) is 58.3. The molecule has 0 unspecified atom stereocenters. The van der Waals surface area contributed by atoms with Gasteiger partial charge in [0.25, 0.3) is 6.71 Å². The fraction of sp³-hybridized carbons (Fsp3) is 0.275. The van der Waals surface area contributed by atoms with E-state index in [1.165, 1.54) is 0 Å². The minimum absolute atomic E-state index is 0.474. The van der Waals surface area contributed by atoms with Crippen molar-refractivity contribution in [3.05, 3.63) is 258 Å². The van der Waals surface area contributed by atoms with Gasteiger partial charge in [-0.05, 0) is 211 Å². The molecule has 15 rings (SSSR count). The van der Waals surface area contributed by atoms with E-state index in [0.717, 1.165) is 128 Å². The van der Waals surface area contributed by atoms with E-state index in [4.69, 9.17) is 0 Å². The Kier molecular flexibility index (Phi) is 12.6. The minimum Gasteiger partial charge on any atom is -0.311 e. The van der Waals surface area contributed by atoms with Crippen LogP contribution in [-0.4, -0.2) is 15.8 Å². The van der Waals surface area contributed by atoms with Gasteiger partial charge in [-0.15, -0.1) is 0 Å². The highest BCUT2D eigenvalue weighted by Crippen LogP contribution is 2.51. The first-order valence-corrected chi connectivity index (χ1v) is 34.1. The minimum atomic E-state index is -1.93. The van der Waals surface area contributed by atoms with E-state index in [-0.39, 0.29) is 0 Å². The van der Waals surface area contributed by atoms with Crippen LogP contribution < -0.4 is 26.2 Å². The molecule has 0 fully saturated rings. The lowest BCUT2D eigenvalue weighted by atomic mass is 9.33. The number of hydrogen-bond donors (Lipinski definition) is 0. The van der Waals surface area contributed by atoms with Crippen LogP contribution in [0, 0.1) is 27.1 Å². The summed E-state index contributed by atoms with van der Waals surface area (Å²) in [6.45, 7) is 28.5. The van der Waals surface area contributed by atoms with Crippen molar-refractivity contribution in [1.29, 1.82) is 0 Å². The Morgan fingerprint density at radius 3 is 0.906 bits per heavy atom. The molecular weight excluding hydrogens is 1160 g/mol. The van der Waals surface area contributed by atoms with E-state index in [9.17, 15) is 13.7 Å². The number of benzene rings is 11. The first kappa shape index (κ1) is 51.9. The van der Waals surface area contributed by atoms with Crippen LogP contribution in [0.15, 0.2) is 231 Å². The molecule has 4 heterocycles. The van der Waals surface area contributed by atoms with Crippen LogP contribution in [0.3, 0.4) is 0 Å². The second-order valence-electron chi connectivity index (χ2n) is 31.8. The number of fused-ring (bicyclic) bond motifs is 10. The highest BCUT2D eigenvalue weighted by Gasteiger charge is 2.45. The molecule has 96 heavy (non-hydrogen) atoms. The zero-order chi connectivity index (χ0) is 75.9. The van der Waals surface area contributed by atoms with Gasteiger partial charge in [-0.25, -0.2) is 0 Å². The fourth-order valence-corrected chi connectivity index (χ4v) is 15.0. The molecule has 0 radical (unpaired) electrons. The van der Waals surface area contributed by atoms with Gasteiger partial charge in [-0.3, -0.25) is 0 Å². The topological polar surface area (TPSA) is 16.3 Å². The molecule has 0 saturated carbocycles. The average molecular weight is 1260 g/mol. The highest BCUT2D eigenvalue weighted by molar-refractivity contribution is 7.00. The van der Waals surface area contributed by atoms with Gasteiger partial charge in [-0.1, -0.05) is 237 Å². The molecule has 0 spiro atoms. The van der Waals surface area contributed by atoms with Crippen molar-refractivity contribution < 1.29 is 13.7 Å². The van der Waals surface area contributed by atoms with Crippen LogP contribution >= 0.6 is 0 Å². The van der Waals surface area contributed by atoms with Crippen LogP contribution in [0.2, 0.25) is 0 Å². The van der Waals surface area contributed by atoms with Crippen LogP contribution in [0.5, 0.6) is 0 Å². The van der Waals surface area contributed by atoms with Gasteiger partial charge < -0.3 is 18.9 Å². The summed E-state index contributed by atoms with van der Waals surface area (Å²) in [6, 6.07) is 79.1. The summed E-state index contributed by atoms with van der Waals surface area (Å²) < 4.78 is 102. The van der Waals surface area contributed by atoms with Crippen molar-refractivity contribution in [2.75, 3.05) is 9.80 Å². The molecular formula is C91H93BN4. The van der Waals surface area contributed by atoms with Crippen LogP contribution in [0.4, 0.5) is 34.1 Å². The first-order chi connectivity index (χ1) is 49.6. The molecule has 2 aliphatic heterocycles. The third-order valence-electron chi connectivity index (χ3n) is 18.1. The molecule has 0 amide bonds. The highest BCUT2D eigenvalue weighted by atomic mass is 15.2. The van der Waals surface area contributed by atoms with E-state index < -0.39 is 65.7 Å². The zero-order valence-electron chi connectivity index (χ0n) is 68.3. The van der Waals surface area contributed by atoms with Gasteiger partial charge >= 0.3 is 0 Å². The molecule has 5 heteroatoms. The van der Waals surface area contributed by atoms with Crippen molar-refractivity contribution in [1.82, 2.24) is 9.13 Å². The van der Waals surface area contributed by atoms with Gasteiger partial charge in [0.2, 0.25) is 0 Å². The Morgan fingerprint density at radius 1 is 0.281 bits per heavy atom. The largest absolute Gasteiger partial charge is 0.311 e. The van der Waals surface area contributed by atoms with Gasteiger partial charge in [0.15, 0.2) is 0 Å². The summed E-state index contributed by atoms with van der Waals surface area (Å²) in [7, 11) is 0. The maximum absolute atomic E-state index is 10.5. The quantitative estimate of drug-likeness (QED) is 0.120. The van der Waals surface area contributed by atoms with Crippen LogP contribution in [0.1, 0.15) is 145 Å². The predicted molar refractivity (Wildman–Crippen MR) is 416 cm³/mol. The maximum atomic E-state index is 10.5. The van der Waals surface area contributed by atoms with Gasteiger partial charge in [0.1, 0.15) is 0 Å². The normalized spacial score (nSPS) is 15.8. The third-order valence-corrected chi connectivity index (χ3v) is 18.1. The second kappa shape index (κ2) is 23.2. The standard InChI is InChI=1S/C91H93BN4/c1-87(2,3)54-59-34-42-78-70(46-59)71-47-60(55-88(4,5)6)35-43-79(71)93(78)66-38-40-74-82(52-66)95(76-32-24-22-30-68(76)64-26-18-16-19-27-64)84-50-63(58-91(13,14)15)51-85-86(84)92(74)75-41-39-67(53-83(75)96(85)77-33-25-23-31-69(77)65-28-20-17-21-29-65)94-80-44-36-61(56-89(7,8)9)48-72(80)73-49-62(37-45-81(73)94)57-90(10,11)12/h16-53H,54-58H2,1-15H3/i54D2,55D2,56D2,57D2,58D2. The molecule has 480 valence electrons. The molecule has 2 aromatic heterocycles. The Hall–Kier alpha value is -9.32. The van der Waals surface area contributed by atoms with Crippen molar-refractivity contribution in [2.24, 2.45) is 27.1 Å². The van der Waals surface area contributed by atoms with E-state index in [2.05, 4.69) is 165 Å². The number of anilines is 6. The predicted octanol–water partition coefficient (Wildman–Crippen LogP) is 23.2. The van der Waals surface area contributed by atoms with Crippen LogP contribution in [-0.2, 0) is 31.9 Å². The Bertz CT molecular complexity index is 5200. The fourth-order valence-electron chi connectivity index (χ4n) is 15.0. The summed E-state index contributed by atoms with van der Waals surface area (Å²) in [5, 5.41) is 3.20. The van der Waals surface area contributed by atoms with E-state index in [1.807, 2.05) is 189 Å². The van der Waals surface area contributed by atoms with Crippen molar-refractivity contribution in [3.63, 3.8) is 0 Å². The number of hydrogen-bond acceptors (Lipinski definition) is 2. The maximum Gasteiger partial charge on any atom is 0.252 e. The second-order valence-corrected chi connectivity index (χ2v) is 31.8. The van der Waals surface area contributed by atoms with E-state index in [0.29, 0.717) is 27.8 Å². The molecule has 2 aliphatic rings. The van der Waals surface area contributed by atoms with Crippen molar-refractivity contribution in [2.45, 2.75) is 136 Å². The smallest absolute Gasteiger partial charge is 0.252 e. The molecule has 0 aliphatic carbocycles. The van der Waals surface area contributed by atoms with Crippen molar-refractivity contribution >= 4 is 101 Å². The molecule has 0 N–H and O–H groups in total. The van der Waals surface area contributed by atoms with Gasteiger partial charge in [-0.2, -0.15) is 0 Å². The number of nitrogens with zero attached hydrogens (tertiary/aromatic N) is 4. The van der Waals surface area contributed by atoms with Crippen LogP contribution in [0.25, 0.3) is 77.2 Å². The summed E-state index contributed by atoms with van der Waals surface area (Å²) >= 11 is 0. The number of aromatic nitrogens is 2. The van der Waals surface area contributed by atoms with E-state index >= 15 is 0 Å². The lowest BCUT2D eigenvalue weighted by molar-refractivity contribution is 0.411. The number of rotatable bonds is 11. The average Bonchev–Trinajstić information content (AvgIpc) is 0.787. The Balaban J connectivity index is 1.07. The summed E-state index contributed by atoms with van der Waals surface area (Å²) in [6.07, 6.45) is -8.86. The lowest BCUT2D eigenvalue weighted by Gasteiger charge is -2.45. The SMILES string of the molecule is [2H]C([2H])(c1cc2c3c(c1)N(c1ccccc1-c1ccccc1)c1cc(-n4c5ccc(C([2H])([2H])C(C)(C)C)cc5c5cc(C([2H])([2H])C(C)(C)C)ccc54)ccc1B3c1ccc(-n3c4ccc(C([2H])([2H])C(C)(C)C)cc4c4cc(C([2H])([2H])C(C)(C)C)ccc43)cc1N2c1ccccc1-c1ccccc1)C(C)(C)C. The van der Waals surface area contributed by atoms with Gasteiger partial charge in [0.05, 0.1) is 33.4 Å². The van der Waals surface area contributed by atoms with Gasteiger partial charge in [0, 0.05) is 80.5 Å².